The minimum atomic E-state index is -3.92. The summed E-state index contributed by atoms with van der Waals surface area (Å²) < 4.78 is 39.9. The first-order valence-corrected chi connectivity index (χ1v) is 13.3. The third-order valence-electron chi connectivity index (χ3n) is 5.66. The zero-order valence-corrected chi connectivity index (χ0v) is 23.3. The van der Waals surface area contributed by atoms with Crippen LogP contribution < -0.4 is 9.47 Å². The monoisotopic (exact) mass is 513 g/mol. The topological polar surface area (TPSA) is 71.4 Å². The fourth-order valence-corrected chi connectivity index (χ4v) is 5.12. The molecule has 0 saturated carbocycles. The lowest BCUT2D eigenvalue weighted by Crippen LogP contribution is -2.35. The summed E-state index contributed by atoms with van der Waals surface area (Å²) >= 11 is 0. The zero-order chi connectivity index (χ0) is 26.7. The van der Waals surface area contributed by atoms with Crippen LogP contribution in [-0.4, -0.2) is 64.6 Å². The highest BCUT2D eigenvalue weighted by Gasteiger charge is 2.28. The van der Waals surface area contributed by atoms with Crippen LogP contribution in [0.5, 0.6) is 11.5 Å². The van der Waals surface area contributed by atoms with Crippen LogP contribution in [0.15, 0.2) is 76.8 Å². The summed E-state index contributed by atoms with van der Waals surface area (Å²) in [4.78, 5) is 6.25. The number of allylic oxidation sites excluding steroid dienone is 1. The van der Waals surface area contributed by atoms with Crippen LogP contribution in [0.3, 0.4) is 0 Å². The molecular weight excluding hydrogens is 474 g/mol. The zero-order valence-electron chi connectivity index (χ0n) is 22.5. The van der Waals surface area contributed by atoms with Crippen LogP contribution in [0, 0.1) is 0 Å². The second-order valence-corrected chi connectivity index (χ2v) is 10.6. The van der Waals surface area contributed by atoms with E-state index in [1.54, 1.807) is 20.3 Å². The number of rotatable bonds is 12. The molecule has 0 unspecified atom stereocenters. The predicted octanol–water partition coefficient (Wildman–Crippen LogP) is 4.91. The van der Waals surface area contributed by atoms with Gasteiger partial charge in [0.15, 0.2) is 5.04 Å². The van der Waals surface area contributed by atoms with Crippen molar-refractivity contribution >= 4 is 15.1 Å². The molecule has 8 heteroatoms. The summed E-state index contributed by atoms with van der Waals surface area (Å²) in [6.07, 6.45) is 4.66. The highest BCUT2D eigenvalue weighted by atomic mass is 32.2. The van der Waals surface area contributed by atoms with Gasteiger partial charge in [-0.3, -0.25) is 4.99 Å². The van der Waals surface area contributed by atoms with E-state index < -0.39 is 10.0 Å². The molecule has 0 saturated heterocycles. The van der Waals surface area contributed by atoms with E-state index in [0.29, 0.717) is 18.0 Å². The average molecular weight is 514 g/mol. The first kappa shape index (κ1) is 29.3. The molecule has 0 radical (unpaired) electrons. The maximum Gasteiger partial charge on any atom is 0.260 e. The van der Waals surface area contributed by atoms with Crippen LogP contribution in [0.25, 0.3) is 0 Å². The molecule has 0 spiro atoms. The van der Waals surface area contributed by atoms with E-state index in [0.717, 1.165) is 28.7 Å². The van der Waals surface area contributed by atoms with Gasteiger partial charge in [-0.25, -0.2) is 8.42 Å². The van der Waals surface area contributed by atoms with Crippen LogP contribution >= 0.6 is 0 Å². The Morgan fingerprint density at radius 1 is 0.917 bits per heavy atom. The second-order valence-electron chi connectivity index (χ2n) is 8.73. The Bertz CT molecular complexity index is 1120. The van der Waals surface area contributed by atoms with E-state index in [1.807, 2.05) is 74.4 Å². The number of methoxy groups -OCH3 is 2. The Morgan fingerprint density at radius 3 is 1.75 bits per heavy atom. The molecule has 0 aliphatic carbocycles. The summed E-state index contributed by atoms with van der Waals surface area (Å²) in [5.41, 5.74) is 3.66. The molecule has 0 amide bonds. The fraction of sp³-hybridized carbons (Fsp3) is 0.393. The third-order valence-corrected chi connectivity index (χ3v) is 7.43. The second kappa shape index (κ2) is 14.0. The number of nitrogens with zero attached hydrogens (tertiary/aromatic N) is 3. The quantitative estimate of drug-likeness (QED) is 0.229. The first-order valence-electron chi connectivity index (χ1n) is 11.9. The van der Waals surface area contributed by atoms with Crippen molar-refractivity contribution in [3.05, 3.63) is 83.0 Å². The Labute approximate surface area is 216 Å². The van der Waals surface area contributed by atoms with Crippen molar-refractivity contribution in [2.24, 2.45) is 4.99 Å². The lowest BCUT2D eigenvalue weighted by Gasteiger charge is -2.23. The van der Waals surface area contributed by atoms with E-state index in [1.165, 1.54) is 11.4 Å². The highest BCUT2D eigenvalue weighted by Crippen LogP contribution is 2.22. The van der Waals surface area contributed by atoms with Gasteiger partial charge in [0.05, 0.1) is 14.2 Å². The van der Waals surface area contributed by atoms with Gasteiger partial charge >= 0.3 is 0 Å². The molecule has 0 aliphatic heterocycles. The average Bonchev–Trinajstić information content (AvgIpc) is 2.86. The number of benzene rings is 2. The van der Waals surface area contributed by atoms with Crippen LogP contribution in [-0.2, 0) is 23.1 Å². The number of aliphatic imine (C=N–C) groups is 1. The summed E-state index contributed by atoms with van der Waals surface area (Å²) in [5, 5.41) is 0.0326. The molecule has 0 N–H and O–H groups in total. The van der Waals surface area contributed by atoms with Gasteiger partial charge in [-0.05, 0) is 74.5 Å². The maximum atomic E-state index is 14.0. The molecule has 7 nitrogen and oxygen atoms in total. The molecule has 0 atom stereocenters. The van der Waals surface area contributed by atoms with E-state index in [2.05, 4.69) is 18.0 Å². The molecule has 196 valence electrons. The van der Waals surface area contributed by atoms with Crippen LogP contribution in [0.2, 0.25) is 0 Å². The molecule has 0 heterocycles. The van der Waals surface area contributed by atoms with Crippen molar-refractivity contribution in [1.29, 1.82) is 0 Å². The maximum absolute atomic E-state index is 14.0. The summed E-state index contributed by atoms with van der Waals surface area (Å²) in [6, 6.07) is 14.8. The van der Waals surface area contributed by atoms with Crippen LogP contribution in [0.4, 0.5) is 0 Å². The Balaban J connectivity index is 2.52. The smallest absolute Gasteiger partial charge is 0.260 e. The molecule has 36 heavy (non-hydrogen) atoms. The Morgan fingerprint density at radius 2 is 1.39 bits per heavy atom. The standard InChI is InChI=1S/C28H39N3O4S/c1-8-9-22(2)25(21-30(4)5)18-28(29-3)36(32,33)31(19-23-10-14-26(34-6)15-11-23)20-24-12-16-27(35-7)17-13-24/h9-18H,8,19-21H2,1-7H3/b22-9-,25-18-,29-28?. The lowest BCUT2D eigenvalue weighted by atomic mass is 10.1. The molecule has 2 aromatic rings. The van der Waals surface area contributed by atoms with Crippen molar-refractivity contribution in [2.45, 2.75) is 33.4 Å². The van der Waals surface area contributed by atoms with Crippen molar-refractivity contribution in [3.63, 3.8) is 0 Å². The highest BCUT2D eigenvalue weighted by molar-refractivity contribution is 8.04. The largest absolute Gasteiger partial charge is 0.497 e. The van der Waals surface area contributed by atoms with Gasteiger partial charge in [-0.15, -0.1) is 0 Å². The number of likely N-dealkylation sites (N-methyl/N-ethyl adjacent to an activating group) is 1. The number of hydrogen-bond donors (Lipinski definition) is 0. The molecular formula is C28H39N3O4S. The fourth-order valence-electron chi connectivity index (χ4n) is 3.69. The predicted molar refractivity (Wildman–Crippen MR) is 148 cm³/mol. The first-order chi connectivity index (χ1) is 17.1. The van der Waals surface area contributed by atoms with Crippen molar-refractivity contribution < 1.29 is 17.9 Å². The van der Waals surface area contributed by atoms with Gasteiger partial charge < -0.3 is 14.4 Å². The molecule has 0 bridgehead atoms. The van der Waals surface area contributed by atoms with Crippen LogP contribution in [0.1, 0.15) is 31.4 Å². The molecule has 2 rings (SSSR count). The van der Waals surface area contributed by atoms with E-state index in [9.17, 15) is 8.42 Å². The number of sulfonamides is 1. The van der Waals surface area contributed by atoms with E-state index in [-0.39, 0.29) is 18.1 Å². The third kappa shape index (κ3) is 8.33. The van der Waals surface area contributed by atoms with Gasteiger partial charge in [0.25, 0.3) is 10.0 Å². The van der Waals surface area contributed by atoms with Gasteiger partial charge in [-0.1, -0.05) is 42.8 Å². The van der Waals surface area contributed by atoms with E-state index >= 15 is 0 Å². The van der Waals surface area contributed by atoms with Crippen molar-refractivity contribution in [1.82, 2.24) is 9.21 Å². The van der Waals surface area contributed by atoms with Gasteiger partial charge in [-0.2, -0.15) is 4.31 Å². The Kier molecular flexibility index (Phi) is 11.4. The number of ether oxygens (including phenoxy) is 2. The molecule has 2 aromatic carbocycles. The van der Waals surface area contributed by atoms with Gasteiger partial charge in [0.1, 0.15) is 11.5 Å². The minimum absolute atomic E-state index is 0.0326. The Hall–Kier alpha value is -2.94. The summed E-state index contributed by atoms with van der Waals surface area (Å²) in [7, 11) is 4.73. The van der Waals surface area contributed by atoms with Gasteiger partial charge in [0.2, 0.25) is 0 Å². The summed E-state index contributed by atoms with van der Waals surface area (Å²) in [5.74, 6) is 1.43. The molecule has 0 fully saturated rings. The minimum Gasteiger partial charge on any atom is -0.497 e. The van der Waals surface area contributed by atoms with Crippen molar-refractivity contribution in [2.75, 3.05) is 41.9 Å². The lowest BCUT2D eigenvalue weighted by molar-refractivity contribution is 0.404. The normalized spacial score (nSPS) is 13.4. The molecule has 0 aliphatic rings. The van der Waals surface area contributed by atoms with Crippen molar-refractivity contribution in [3.8, 4) is 11.5 Å². The summed E-state index contributed by atoms with van der Waals surface area (Å²) in [6.45, 7) is 5.06. The van der Waals surface area contributed by atoms with Gasteiger partial charge in [0, 0.05) is 26.7 Å². The SMILES string of the molecule is CC/C=C(C)\C(=C/C(=NC)S(=O)(=O)N(Cc1ccc(OC)cc1)Cc1ccc(OC)cc1)CN(C)C. The van der Waals surface area contributed by atoms with E-state index in [4.69, 9.17) is 9.47 Å². The molecule has 0 aromatic heterocycles. The number of hydrogen-bond acceptors (Lipinski definition) is 6.